The van der Waals surface area contributed by atoms with E-state index in [4.69, 9.17) is 14.5 Å². The molecule has 7 rings (SSSR count). The van der Waals surface area contributed by atoms with Gasteiger partial charge in [-0.1, -0.05) is 33.8 Å². The Morgan fingerprint density at radius 1 is 1.10 bits per heavy atom. The Balaban J connectivity index is 1.43. The van der Waals surface area contributed by atoms with Crippen molar-refractivity contribution < 1.29 is 28.7 Å². The van der Waals surface area contributed by atoms with Crippen LogP contribution in [0.25, 0.3) is 44.3 Å². The number of nitrogens with one attached hydrogen (secondary N) is 3. The van der Waals surface area contributed by atoms with Gasteiger partial charge < -0.3 is 29.2 Å². The van der Waals surface area contributed by atoms with E-state index in [0.717, 1.165) is 55.6 Å². The summed E-state index contributed by atoms with van der Waals surface area (Å²) in [6.45, 7) is 14.7. The molecular weight excluding hydrogens is 761 g/mol. The maximum absolute atomic E-state index is 14.6. The van der Waals surface area contributed by atoms with Gasteiger partial charge in [-0.2, -0.15) is 0 Å². The Hall–Kier alpha value is -5.60. The number of aryl methyl sites for hydroxylation is 1. The van der Waals surface area contributed by atoms with E-state index < -0.39 is 41.3 Å². The van der Waals surface area contributed by atoms with Gasteiger partial charge in [0.1, 0.15) is 18.1 Å². The number of rotatable bonds is 8. The number of aromatic nitrogens is 4. The maximum Gasteiger partial charge on any atom is 0.324 e. The highest BCUT2D eigenvalue weighted by molar-refractivity contribution is 5.97. The van der Waals surface area contributed by atoms with Crippen LogP contribution < -0.4 is 10.7 Å². The predicted molar refractivity (Wildman–Crippen MR) is 230 cm³/mol. The summed E-state index contributed by atoms with van der Waals surface area (Å²) in [6.07, 6.45) is 4.89. The number of imidazole rings is 1. The molecule has 5 aromatic rings. The molecule has 0 spiro atoms. The number of carbonyl (C=O) groups excluding carboxylic acids is 4. The van der Waals surface area contributed by atoms with Crippen LogP contribution in [-0.2, 0) is 48.0 Å². The van der Waals surface area contributed by atoms with Gasteiger partial charge in [-0.25, -0.2) is 10.4 Å². The Bertz CT molecular complexity index is 2430. The topological polar surface area (TPSA) is 164 Å². The first kappa shape index (κ1) is 42.5. The number of fused-ring (bicyclic) bond motifs is 8. The van der Waals surface area contributed by atoms with E-state index in [1.54, 1.807) is 26.7 Å². The highest BCUT2D eigenvalue weighted by Gasteiger charge is 2.37. The summed E-state index contributed by atoms with van der Waals surface area (Å²) in [7, 11) is 3.28. The van der Waals surface area contributed by atoms with E-state index >= 15 is 0 Å². The normalized spacial score (nSPS) is 19.5. The highest BCUT2D eigenvalue weighted by Crippen LogP contribution is 2.42. The summed E-state index contributed by atoms with van der Waals surface area (Å²) in [4.78, 5) is 69.3. The molecule has 3 amide bonds. The van der Waals surface area contributed by atoms with Crippen LogP contribution in [-0.4, -0.2) is 98.6 Å². The first-order chi connectivity index (χ1) is 28.6. The van der Waals surface area contributed by atoms with Crippen molar-refractivity contribution in [2.75, 3.05) is 27.3 Å². The molecule has 1 saturated heterocycles. The molecule has 2 aromatic carbocycles. The Morgan fingerprint density at radius 2 is 1.88 bits per heavy atom. The van der Waals surface area contributed by atoms with Crippen molar-refractivity contribution in [3.05, 3.63) is 71.8 Å². The number of hydrogen-bond donors (Lipinski definition) is 3. The van der Waals surface area contributed by atoms with Crippen LogP contribution in [0.15, 0.2) is 55.0 Å². The second-order valence-electron chi connectivity index (χ2n) is 17.4. The van der Waals surface area contributed by atoms with E-state index in [1.807, 2.05) is 32.9 Å². The number of cyclic esters (lactones) is 1. The van der Waals surface area contributed by atoms with Gasteiger partial charge in [-0.05, 0) is 97.7 Å². The molecule has 318 valence electrons. The first-order valence-electron chi connectivity index (χ1n) is 21.0. The van der Waals surface area contributed by atoms with E-state index in [-0.39, 0.29) is 31.0 Å². The van der Waals surface area contributed by atoms with Gasteiger partial charge in [0.05, 0.1) is 41.5 Å². The van der Waals surface area contributed by atoms with Crippen molar-refractivity contribution >= 4 is 45.6 Å². The van der Waals surface area contributed by atoms with E-state index in [9.17, 15) is 19.2 Å². The van der Waals surface area contributed by atoms with Crippen LogP contribution in [0.2, 0.25) is 0 Å². The molecule has 3 N–H and O–H groups in total. The second-order valence-corrected chi connectivity index (χ2v) is 17.4. The minimum atomic E-state index is -1.06. The zero-order chi connectivity index (χ0) is 43.0. The number of benzene rings is 2. The second kappa shape index (κ2) is 17.2. The number of pyridine rings is 1. The van der Waals surface area contributed by atoms with Crippen molar-refractivity contribution in [3.63, 3.8) is 0 Å². The molecule has 0 aliphatic carbocycles. The largest absolute Gasteiger partial charge is 0.464 e. The summed E-state index contributed by atoms with van der Waals surface area (Å²) in [5.41, 5.74) is 11.8. The van der Waals surface area contributed by atoms with Crippen molar-refractivity contribution in [1.82, 2.24) is 40.2 Å². The Kier molecular flexibility index (Phi) is 12.2. The van der Waals surface area contributed by atoms with Gasteiger partial charge in [0.2, 0.25) is 11.8 Å². The fourth-order valence-electron chi connectivity index (χ4n) is 8.92. The van der Waals surface area contributed by atoms with Crippen molar-refractivity contribution in [2.45, 2.75) is 105 Å². The minimum absolute atomic E-state index is 0.0984. The Labute approximate surface area is 351 Å². The molecule has 3 aromatic heterocycles. The molecule has 14 heteroatoms. The predicted octanol–water partition coefficient (Wildman–Crippen LogP) is 6.13. The molecule has 4 atom stereocenters. The number of hydrogen-bond acceptors (Lipinski definition) is 9. The summed E-state index contributed by atoms with van der Waals surface area (Å²) in [6, 6.07) is 12.0. The van der Waals surface area contributed by atoms with Gasteiger partial charge in [0.25, 0.3) is 5.91 Å². The van der Waals surface area contributed by atoms with Crippen LogP contribution in [0.3, 0.4) is 0 Å². The number of nitrogens with zero attached hydrogens (tertiary/aromatic N) is 5. The van der Waals surface area contributed by atoms with Gasteiger partial charge in [0.15, 0.2) is 0 Å². The number of esters is 1. The molecule has 2 aliphatic rings. The number of likely N-dealkylation sites (N-methyl/N-ethyl adjacent to an activating group) is 1. The van der Waals surface area contributed by atoms with Crippen LogP contribution in [0.1, 0.15) is 84.2 Å². The maximum atomic E-state index is 14.6. The van der Waals surface area contributed by atoms with Crippen LogP contribution in [0.5, 0.6) is 0 Å². The van der Waals surface area contributed by atoms with Crippen molar-refractivity contribution in [2.24, 2.45) is 11.3 Å². The fourth-order valence-corrected chi connectivity index (χ4v) is 8.92. The van der Waals surface area contributed by atoms with E-state index in [0.29, 0.717) is 37.9 Å². The van der Waals surface area contributed by atoms with E-state index in [2.05, 4.69) is 76.4 Å². The third kappa shape index (κ3) is 8.27. The SMILES string of the molecule is CCn1c(-c2cccnc2[C@H](C)OC)c2c3cc(ccc31)-c1cc(c3nc[nH]c3c1)C[C@H](NC(=O)C(C(C)C)N(C)C(C)=O)C(=O)N1CCC[C@H](N1)C(=O)OCC(C)(C)C2. The quantitative estimate of drug-likeness (QED) is 0.157. The first-order valence-corrected chi connectivity index (χ1v) is 21.0. The lowest BCUT2D eigenvalue weighted by molar-refractivity contribution is -0.155. The van der Waals surface area contributed by atoms with Crippen LogP contribution >= 0.6 is 0 Å². The zero-order valence-corrected chi connectivity index (χ0v) is 36.2. The zero-order valence-electron chi connectivity index (χ0n) is 36.2. The van der Waals surface area contributed by atoms with Crippen LogP contribution in [0.4, 0.5) is 0 Å². The number of hydrazine groups is 1. The van der Waals surface area contributed by atoms with Gasteiger partial charge in [-0.15, -0.1) is 0 Å². The summed E-state index contributed by atoms with van der Waals surface area (Å²) in [5.74, 6) is -1.79. The van der Waals surface area contributed by atoms with Gasteiger partial charge in [-0.3, -0.25) is 29.2 Å². The highest BCUT2D eigenvalue weighted by atomic mass is 16.5. The number of methoxy groups -OCH3 is 1. The molecule has 14 nitrogen and oxygen atoms in total. The average molecular weight is 819 g/mol. The lowest BCUT2D eigenvalue weighted by Gasteiger charge is -2.36. The van der Waals surface area contributed by atoms with E-state index in [1.165, 1.54) is 16.8 Å². The monoisotopic (exact) mass is 818 g/mol. The molecule has 1 fully saturated rings. The summed E-state index contributed by atoms with van der Waals surface area (Å²) < 4.78 is 14.3. The number of amides is 3. The molecule has 5 heterocycles. The molecular formula is C46H58N8O6. The summed E-state index contributed by atoms with van der Waals surface area (Å²) in [5, 5.41) is 5.53. The molecule has 1 unspecified atom stereocenters. The third-order valence-corrected chi connectivity index (χ3v) is 12.1. The summed E-state index contributed by atoms with van der Waals surface area (Å²) >= 11 is 0. The third-order valence-electron chi connectivity index (χ3n) is 12.1. The number of ether oxygens (including phenoxy) is 2. The molecule has 2 aliphatic heterocycles. The number of carbonyl (C=O) groups is 4. The standard InChI is InChI=1S/C46H58N8O6/c1-10-53-38-16-15-29-20-33(38)34(42(53)32-13-11-17-47-39(32)27(4)59-9)23-46(6,7)24-60-45(58)35-14-12-18-54(51-35)44(57)37(50-43(56)41(26(2)3)52(8)28(5)55)22-31-19-30(29)21-36-40(31)49-25-48-36/h11,13,15-17,19-21,25-27,35,37,41,51H,10,12,14,18,22-24H2,1-9H3,(H,48,49)(H,50,56)/t27-,35-,37-,41?/m0/s1. The van der Waals surface area contributed by atoms with Crippen molar-refractivity contribution in [3.8, 4) is 22.4 Å². The molecule has 60 heavy (non-hydrogen) atoms. The lowest BCUT2D eigenvalue weighted by atomic mass is 9.84. The smallest absolute Gasteiger partial charge is 0.324 e. The Morgan fingerprint density at radius 3 is 2.60 bits per heavy atom. The molecule has 6 bridgehead atoms. The lowest BCUT2D eigenvalue weighted by Crippen LogP contribution is -2.62. The van der Waals surface area contributed by atoms with Crippen molar-refractivity contribution in [1.29, 1.82) is 0 Å². The fraction of sp³-hybridized carbons (Fsp3) is 0.478. The molecule has 0 radical (unpaired) electrons. The average Bonchev–Trinajstić information content (AvgIpc) is 3.83. The van der Waals surface area contributed by atoms with Gasteiger partial charge in [0, 0.05) is 68.7 Å². The molecule has 0 saturated carbocycles. The van der Waals surface area contributed by atoms with Crippen LogP contribution in [0, 0.1) is 11.3 Å². The number of aromatic amines is 1. The minimum Gasteiger partial charge on any atom is -0.464 e. The number of H-pyrrole nitrogens is 1. The van der Waals surface area contributed by atoms with Gasteiger partial charge >= 0.3 is 5.97 Å².